The van der Waals surface area contributed by atoms with Crippen LogP contribution in [-0.2, 0) is 0 Å². The van der Waals surface area contributed by atoms with E-state index in [1.807, 2.05) is 0 Å². The lowest BCUT2D eigenvalue weighted by Gasteiger charge is -2.12. The predicted molar refractivity (Wildman–Crippen MR) is 69.9 cm³/mol. The molecule has 84 valence electrons. The van der Waals surface area contributed by atoms with Crippen molar-refractivity contribution in [1.82, 2.24) is 0 Å². The third kappa shape index (κ3) is 2.99. The second-order valence-electron chi connectivity index (χ2n) is 3.18. The second kappa shape index (κ2) is 5.90. The third-order valence-corrected chi connectivity index (χ3v) is 2.86. The first-order chi connectivity index (χ1) is 7.60. The molecule has 0 amide bonds. The van der Waals surface area contributed by atoms with Gasteiger partial charge in [0.2, 0.25) is 0 Å². The van der Waals surface area contributed by atoms with Gasteiger partial charge in [-0.15, -0.1) is 0 Å². The predicted octanol–water partition coefficient (Wildman–Crippen LogP) is 4.33. The molecule has 0 aliphatic carbocycles. The maximum absolute atomic E-state index is 10.0. The first kappa shape index (κ1) is 13.0. The van der Waals surface area contributed by atoms with Crippen LogP contribution in [0.25, 0.3) is 0 Å². The van der Waals surface area contributed by atoms with E-state index >= 15 is 0 Å². The van der Waals surface area contributed by atoms with Gasteiger partial charge >= 0.3 is 0 Å². The molecule has 1 unspecified atom stereocenters. The first-order valence-electron chi connectivity index (χ1n) is 4.68. The molecule has 0 aromatic heterocycles. The summed E-state index contributed by atoms with van der Waals surface area (Å²) in [5.41, 5.74) is 1.33. The summed E-state index contributed by atoms with van der Waals surface area (Å²) in [7, 11) is 0. The number of benzene rings is 1. The monoisotopic (exact) mass is 254 g/mol. The molecule has 1 atom stereocenters. The maximum Gasteiger partial charge on any atom is 0.104 e. The standard InChI is InChI=1S/C13H12Cl2O/c1-3-5-9(4-2)13(16)10-6-7-11(14)12(15)8-10/h3-8,13,16H,1-2H2/b9-5+. The highest BCUT2D eigenvalue weighted by Crippen LogP contribution is 2.29. The zero-order chi connectivity index (χ0) is 12.1. The summed E-state index contributed by atoms with van der Waals surface area (Å²) < 4.78 is 0. The number of halogens is 2. The minimum absolute atomic E-state index is 0.417. The van der Waals surface area contributed by atoms with E-state index < -0.39 is 6.10 Å². The van der Waals surface area contributed by atoms with Crippen molar-refractivity contribution in [3.8, 4) is 0 Å². The molecular weight excluding hydrogens is 243 g/mol. The van der Waals surface area contributed by atoms with Crippen LogP contribution in [0.15, 0.2) is 55.2 Å². The molecule has 0 spiro atoms. The van der Waals surface area contributed by atoms with Crippen molar-refractivity contribution < 1.29 is 5.11 Å². The molecule has 0 radical (unpaired) electrons. The minimum atomic E-state index is -0.773. The van der Waals surface area contributed by atoms with E-state index in [9.17, 15) is 5.11 Å². The average molecular weight is 255 g/mol. The number of hydrogen-bond donors (Lipinski definition) is 1. The van der Waals surface area contributed by atoms with Crippen LogP contribution < -0.4 is 0 Å². The van der Waals surface area contributed by atoms with E-state index in [1.165, 1.54) is 0 Å². The largest absolute Gasteiger partial charge is 0.384 e. The Balaban J connectivity index is 3.08. The molecular formula is C13H12Cl2O. The quantitative estimate of drug-likeness (QED) is 0.794. The van der Waals surface area contributed by atoms with Gasteiger partial charge < -0.3 is 5.11 Å². The van der Waals surface area contributed by atoms with Crippen molar-refractivity contribution in [3.63, 3.8) is 0 Å². The molecule has 0 fully saturated rings. The number of allylic oxidation sites excluding steroid dienone is 2. The molecule has 1 N–H and O–H groups in total. The summed E-state index contributed by atoms with van der Waals surface area (Å²) in [6.45, 7) is 7.20. The van der Waals surface area contributed by atoms with Gasteiger partial charge in [-0.2, -0.15) is 0 Å². The van der Waals surface area contributed by atoms with E-state index in [0.717, 1.165) is 0 Å². The first-order valence-corrected chi connectivity index (χ1v) is 5.43. The third-order valence-electron chi connectivity index (χ3n) is 2.12. The number of aliphatic hydroxyl groups excluding tert-OH is 1. The van der Waals surface area contributed by atoms with Gasteiger partial charge in [-0.3, -0.25) is 0 Å². The van der Waals surface area contributed by atoms with Gasteiger partial charge in [-0.05, 0) is 23.3 Å². The smallest absolute Gasteiger partial charge is 0.104 e. The molecule has 0 heterocycles. The van der Waals surface area contributed by atoms with Gasteiger partial charge in [-0.25, -0.2) is 0 Å². The molecule has 1 aromatic carbocycles. The minimum Gasteiger partial charge on any atom is -0.384 e. The fourth-order valence-electron chi connectivity index (χ4n) is 1.28. The Morgan fingerprint density at radius 1 is 1.25 bits per heavy atom. The number of rotatable bonds is 4. The fraction of sp³-hybridized carbons (Fsp3) is 0.0769. The van der Waals surface area contributed by atoms with Crippen LogP contribution in [0, 0.1) is 0 Å². The molecule has 1 nitrogen and oxygen atoms in total. The van der Waals surface area contributed by atoms with E-state index in [0.29, 0.717) is 21.2 Å². The van der Waals surface area contributed by atoms with Crippen molar-refractivity contribution in [2.24, 2.45) is 0 Å². The van der Waals surface area contributed by atoms with Crippen molar-refractivity contribution >= 4 is 23.2 Å². The van der Waals surface area contributed by atoms with Crippen molar-refractivity contribution in [1.29, 1.82) is 0 Å². The summed E-state index contributed by atoms with van der Waals surface area (Å²) in [4.78, 5) is 0. The summed E-state index contributed by atoms with van der Waals surface area (Å²) in [6.07, 6.45) is 4.09. The summed E-state index contributed by atoms with van der Waals surface area (Å²) in [5, 5.41) is 10.9. The van der Waals surface area contributed by atoms with Crippen LogP contribution in [0.1, 0.15) is 11.7 Å². The Kier molecular flexibility index (Phi) is 4.81. The lowest BCUT2D eigenvalue weighted by atomic mass is 10.0. The van der Waals surface area contributed by atoms with Crippen LogP contribution in [0.4, 0.5) is 0 Å². The Hall–Kier alpha value is -1.02. The highest BCUT2D eigenvalue weighted by molar-refractivity contribution is 6.42. The zero-order valence-electron chi connectivity index (χ0n) is 8.66. The SMILES string of the molecule is C=C/C=C(\C=C)C(O)c1ccc(Cl)c(Cl)c1. The van der Waals surface area contributed by atoms with Crippen LogP contribution >= 0.6 is 23.2 Å². The van der Waals surface area contributed by atoms with Crippen LogP contribution in [0.3, 0.4) is 0 Å². The van der Waals surface area contributed by atoms with E-state index in [1.54, 1.807) is 36.4 Å². The normalized spacial score (nSPS) is 13.3. The van der Waals surface area contributed by atoms with Gasteiger partial charge in [0.25, 0.3) is 0 Å². The van der Waals surface area contributed by atoms with Gasteiger partial charge in [0, 0.05) is 0 Å². The van der Waals surface area contributed by atoms with E-state index in [-0.39, 0.29) is 0 Å². The van der Waals surface area contributed by atoms with Crippen LogP contribution in [0.5, 0.6) is 0 Å². The van der Waals surface area contributed by atoms with Crippen LogP contribution in [0.2, 0.25) is 10.0 Å². The van der Waals surface area contributed by atoms with E-state index in [4.69, 9.17) is 23.2 Å². The summed E-state index contributed by atoms with van der Waals surface area (Å²) in [5.74, 6) is 0. The number of aliphatic hydroxyl groups is 1. The van der Waals surface area contributed by atoms with Crippen molar-refractivity contribution in [2.75, 3.05) is 0 Å². The molecule has 0 aliphatic heterocycles. The molecule has 0 saturated carbocycles. The van der Waals surface area contributed by atoms with Crippen molar-refractivity contribution in [3.05, 3.63) is 70.8 Å². The Morgan fingerprint density at radius 3 is 2.44 bits per heavy atom. The Bertz CT molecular complexity index is 436. The highest BCUT2D eigenvalue weighted by Gasteiger charge is 2.11. The highest BCUT2D eigenvalue weighted by atomic mass is 35.5. The molecule has 1 aromatic rings. The average Bonchev–Trinajstić information content (AvgIpc) is 2.28. The topological polar surface area (TPSA) is 20.2 Å². The zero-order valence-corrected chi connectivity index (χ0v) is 10.2. The van der Waals surface area contributed by atoms with Crippen molar-refractivity contribution in [2.45, 2.75) is 6.10 Å². The maximum atomic E-state index is 10.0. The molecule has 1 rings (SSSR count). The lowest BCUT2D eigenvalue weighted by molar-refractivity contribution is 0.219. The molecule has 0 bridgehead atoms. The van der Waals surface area contributed by atoms with Crippen LogP contribution in [-0.4, -0.2) is 5.11 Å². The van der Waals surface area contributed by atoms with E-state index in [2.05, 4.69) is 13.2 Å². The molecule has 0 saturated heterocycles. The second-order valence-corrected chi connectivity index (χ2v) is 4.00. The molecule has 3 heteroatoms. The van der Waals surface area contributed by atoms with Gasteiger partial charge in [0.15, 0.2) is 0 Å². The fourth-order valence-corrected chi connectivity index (χ4v) is 1.59. The lowest BCUT2D eigenvalue weighted by Crippen LogP contribution is -1.99. The number of hydrogen-bond acceptors (Lipinski definition) is 1. The molecule has 16 heavy (non-hydrogen) atoms. The summed E-state index contributed by atoms with van der Waals surface area (Å²) >= 11 is 11.7. The Labute approximate surface area is 105 Å². The van der Waals surface area contributed by atoms with Gasteiger partial charge in [0.05, 0.1) is 10.0 Å². The molecule has 0 aliphatic rings. The summed E-state index contributed by atoms with van der Waals surface area (Å²) in [6, 6.07) is 5.01. The van der Waals surface area contributed by atoms with Gasteiger partial charge in [0.1, 0.15) is 6.10 Å². The van der Waals surface area contributed by atoms with Gasteiger partial charge in [-0.1, -0.05) is 60.7 Å². The Morgan fingerprint density at radius 2 is 1.94 bits per heavy atom.